The van der Waals surface area contributed by atoms with Gasteiger partial charge in [0.15, 0.2) is 0 Å². The number of ether oxygens (including phenoxy) is 1. The van der Waals surface area contributed by atoms with E-state index >= 15 is 0 Å². The lowest BCUT2D eigenvalue weighted by atomic mass is 10.2. The molecule has 0 aliphatic rings. The Bertz CT molecular complexity index is 944. The molecule has 0 unspecified atom stereocenters. The van der Waals surface area contributed by atoms with Crippen LogP contribution in [-0.4, -0.2) is 27.8 Å². The van der Waals surface area contributed by atoms with E-state index < -0.39 is 0 Å². The second-order valence-corrected chi connectivity index (χ2v) is 6.09. The van der Waals surface area contributed by atoms with Crippen molar-refractivity contribution in [1.29, 1.82) is 0 Å². The molecule has 0 saturated carbocycles. The number of rotatable bonds is 6. The van der Waals surface area contributed by atoms with Crippen molar-refractivity contribution >= 4 is 12.0 Å². The summed E-state index contributed by atoms with van der Waals surface area (Å²) in [4.78, 5) is 16.3. The molecule has 6 heteroatoms. The van der Waals surface area contributed by atoms with Crippen LogP contribution in [0.4, 0.5) is 0 Å². The number of nitrogens with one attached hydrogen (secondary N) is 1. The van der Waals surface area contributed by atoms with Gasteiger partial charge in [-0.15, -0.1) is 0 Å². The van der Waals surface area contributed by atoms with E-state index in [1.807, 2.05) is 54.9 Å². The van der Waals surface area contributed by atoms with Crippen molar-refractivity contribution in [2.45, 2.75) is 20.4 Å². The predicted octanol–water partition coefficient (Wildman–Crippen LogP) is 3.22. The molecule has 0 fully saturated rings. The van der Waals surface area contributed by atoms with Gasteiger partial charge in [-0.1, -0.05) is 24.3 Å². The maximum absolute atomic E-state index is 12.1. The summed E-state index contributed by atoms with van der Waals surface area (Å²) < 4.78 is 6.91. The number of carbonyl (C=O) groups excluding carboxylic acids is 1. The molecular weight excluding hydrogens is 340 g/mol. The molecule has 1 amide bonds. The maximum atomic E-state index is 12.1. The largest absolute Gasteiger partial charge is 0.481 e. The summed E-state index contributed by atoms with van der Waals surface area (Å²) in [5, 5.41) is 7.43. The van der Waals surface area contributed by atoms with Crippen LogP contribution in [0.5, 0.6) is 5.88 Å². The summed E-state index contributed by atoms with van der Waals surface area (Å²) in [6.45, 7) is 4.34. The third kappa shape index (κ3) is 4.41. The molecule has 2 aromatic heterocycles. The first kappa shape index (κ1) is 18.4. The fraction of sp³-hybridized carbons (Fsp3) is 0.190. The van der Waals surface area contributed by atoms with E-state index in [1.165, 1.54) is 6.08 Å². The number of aromatic nitrogens is 3. The first-order valence-corrected chi connectivity index (χ1v) is 8.65. The molecule has 0 saturated heterocycles. The number of amides is 1. The number of carbonyl (C=O) groups is 1. The van der Waals surface area contributed by atoms with E-state index in [-0.39, 0.29) is 5.91 Å². The van der Waals surface area contributed by atoms with E-state index in [1.54, 1.807) is 25.4 Å². The first-order chi connectivity index (χ1) is 13.1. The van der Waals surface area contributed by atoms with E-state index in [2.05, 4.69) is 15.4 Å². The van der Waals surface area contributed by atoms with Crippen molar-refractivity contribution in [3.63, 3.8) is 0 Å². The van der Waals surface area contributed by atoms with Gasteiger partial charge in [-0.3, -0.25) is 4.79 Å². The monoisotopic (exact) mass is 362 g/mol. The Kier molecular flexibility index (Phi) is 5.66. The summed E-state index contributed by atoms with van der Waals surface area (Å²) in [6.07, 6.45) is 5.02. The number of hydrogen-bond acceptors (Lipinski definition) is 4. The molecule has 0 spiro atoms. The van der Waals surface area contributed by atoms with E-state index in [0.717, 1.165) is 28.2 Å². The second kappa shape index (κ2) is 8.31. The van der Waals surface area contributed by atoms with Crippen molar-refractivity contribution in [1.82, 2.24) is 20.1 Å². The molecule has 1 N–H and O–H groups in total. The van der Waals surface area contributed by atoms with Crippen molar-refractivity contribution in [3.8, 4) is 11.6 Å². The minimum Gasteiger partial charge on any atom is -0.481 e. The Balaban J connectivity index is 1.66. The molecule has 0 aliphatic heterocycles. The fourth-order valence-electron chi connectivity index (χ4n) is 2.76. The van der Waals surface area contributed by atoms with Gasteiger partial charge in [0, 0.05) is 36.1 Å². The van der Waals surface area contributed by atoms with Crippen LogP contribution in [0.2, 0.25) is 0 Å². The van der Waals surface area contributed by atoms with Crippen LogP contribution < -0.4 is 10.1 Å². The van der Waals surface area contributed by atoms with Crippen molar-refractivity contribution in [3.05, 3.63) is 77.3 Å². The third-order valence-corrected chi connectivity index (χ3v) is 4.22. The third-order valence-electron chi connectivity index (χ3n) is 4.22. The number of nitrogens with zero attached hydrogens (tertiary/aromatic N) is 3. The molecule has 138 valence electrons. The van der Waals surface area contributed by atoms with Crippen LogP contribution in [-0.2, 0) is 11.3 Å². The standard InChI is InChI=1S/C21H22N4O2/c1-15-19(16(2)25(24-15)18-7-5-4-6-8-18)10-11-20(26)22-13-17-9-12-21(27-3)23-14-17/h4-12,14H,13H2,1-3H3,(H,22,26)/b11-10+. The molecule has 27 heavy (non-hydrogen) atoms. The Hall–Kier alpha value is -3.41. The molecule has 3 aromatic rings. The van der Waals surface area contributed by atoms with Gasteiger partial charge in [-0.2, -0.15) is 5.10 Å². The highest BCUT2D eigenvalue weighted by atomic mass is 16.5. The summed E-state index contributed by atoms with van der Waals surface area (Å²) in [7, 11) is 1.57. The molecule has 0 bridgehead atoms. The molecule has 0 aliphatic carbocycles. The highest BCUT2D eigenvalue weighted by molar-refractivity contribution is 5.92. The quantitative estimate of drug-likeness (QED) is 0.684. The average molecular weight is 362 g/mol. The summed E-state index contributed by atoms with van der Waals surface area (Å²) in [6, 6.07) is 13.6. The molecule has 0 atom stereocenters. The summed E-state index contributed by atoms with van der Waals surface area (Å²) in [5.41, 5.74) is 4.71. The zero-order valence-electron chi connectivity index (χ0n) is 15.6. The lowest BCUT2D eigenvalue weighted by molar-refractivity contribution is -0.116. The van der Waals surface area contributed by atoms with Gasteiger partial charge in [0.05, 0.1) is 18.5 Å². The normalized spacial score (nSPS) is 10.9. The molecular formula is C21H22N4O2. The van der Waals surface area contributed by atoms with Gasteiger partial charge < -0.3 is 10.1 Å². The Labute approximate surface area is 158 Å². The topological polar surface area (TPSA) is 69.0 Å². The number of benzene rings is 1. The zero-order valence-corrected chi connectivity index (χ0v) is 15.6. The molecule has 2 heterocycles. The Morgan fingerprint density at radius 1 is 1.19 bits per heavy atom. The van der Waals surface area contributed by atoms with Crippen LogP contribution >= 0.6 is 0 Å². The van der Waals surface area contributed by atoms with Crippen LogP contribution in [0, 0.1) is 13.8 Å². The molecule has 1 aromatic carbocycles. The second-order valence-electron chi connectivity index (χ2n) is 6.09. The summed E-state index contributed by atoms with van der Waals surface area (Å²) in [5.74, 6) is 0.378. The minimum absolute atomic E-state index is 0.169. The van der Waals surface area contributed by atoms with Crippen LogP contribution in [0.15, 0.2) is 54.7 Å². The van der Waals surface area contributed by atoms with Gasteiger partial charge in [0.2, 0.25) is 11.8 Å². The van der Waals surface area contributed by atoms with Crippen LogP contribution in [0.25, 0.3) is 11.8 Å². The van der Waals surface area contributed by atoms with Crippen LogP contribution in [0.3, 0.4) is 0 Å². The predicted molar refractivity (Wildman–Crippen MR) is 105 cm³/mol. The number of aryl methyl sites for hydroxylation is 1. The van der Waals surface area contributed by atoms with Gasteiger partial charge in [0.25, 0.3) is 0 Å². The van der Waals surface area contributed by atoms with E-state index in [4.69, 9.17) is 4.74 Å². The summed E-state index contributed by atoms with van der Waals surface area (Å²) >= 11 is 0. The van der Waals surface area contributed by atoms with Gasteiger partial charge in [-0.05, 0) is 37.6 Å². The lowest BCUT2D eigenvalue weighted by Crippen LogP contribution is -2.20. The molecule has 0 radical (unpaired) electrons. The average Bonchev–Trinajstić information content (AvgIpc) is 2.99. The Morgan fingerprint density at radius 3 is 2.63 bits per heavy atom. The maximum Gasteiger partial charge on any atom is 0.244 e. The first-order valence-electron chi connectivity index (χ1n) is 8.65. The number of pyridine rings is 1. The van der Waals surface area contributed by atoms with Gasteiger partial charge >= 0.3 is 0 Å². The number of methoxy groups -OCH3 is 1. The Morgan fingerprint density at radius 2 is 1.96 bits per heavy atom. The van der Waals surface area contributed by atoms with Gasteiger partial charge in [0.1, 0.15) is 0 Å². The number of hydrogen-bond donors (Lipinski definition) is 1. The van der Waals surface area contributed by atoms with Crippen molar-refractivity contribution < 1.29 is 9.53 Å². The zero-order chi connectivity index (χ0) is 19.2. The highest BCUT2D eigenvalue weighted by Gasteiger charge is 2.10. The lowest BCUT2D eigenvalue weighted by Gasteiger charge is -2.04. The van der Waals surface area contributed by atoms with E-state index in [9.17, 15) is 4.79 Å². The highest BCUT2D eigenvalue weighted by Crippen LogP contribution is 2.19. The molecule has 6 nitrogen and oxygen atoms in total. The van der Waals surface area contributed by atoms with E-state index in [0.29, 0.717) is 12.4 Å². The fourth-order valence-corrected chi connectivity index (χ4v) is 2.76. The smallest absolute Gasteiger partial charge is 0.244 e. The van der Waals surface area contributed by atoms with Crippen molar-refractivity contribution in [2.75, 3.05) is 7.11 Å². The SMILES string of the molecule is COc1ccc(CNC(=O)/C=C/c2c(C)nn(-c3ccccc3)c2C)cn1. The van der Waals surface area contributed by atoms with Crippen LogP contribution in [0.1, 0.15) is 22.5 Å². The molecule has 3 rings (SSSR count). The number of para-hydroxylation sites is 1. The minimum atomic E-state index is -0.169. The van der Waals surface area contributed by atoms with Gasteiger partial charge in [-0.25, -0.2) is 9.67 Å². The van der Waals surface area contributed by atoms with Crippen molar-refractivity contribution in [2.24, 2.45) is 0 Å².